The van der Waals surface area contributed by atoms with Crippen LogP contribution in [0.2, 0.25) is 0 Å². The Kier molecular flexibility index (Phi) is 37.7. The van der Waals surface area contributed by atoms with Gasteiger partial charge in [0.2, 0.25) is 40.5 Å². The first-order chi connectivity index (χ1) is 40.3. The summed E-state index contributed by atoms with van der Waals surface area (Å²) in [7, 11) is 1.20. The van der Waals surface area contributed by atoms with E-state index in [1.165, 1.54) is 14.0 Å². The lowest BCUT2D eigenvalue weighted by Crippen LogP contribution is -2.21. The third-order valence-corrected chi connectivity index (χ3v) is 10.8. The average molecular weight is 1170 g/mol. The normalized spacial score (nSPS) is 10.1. The molecule has 2 atom stereocenters. The van der Waals surface area contributed by atoms with Gasteiger partial charge < -0.3 is 35.0 Å². The predicted octanol–water partition coefficient (Wildman–Crippen LogP) is 7.43. The first kappa shape index (κ1) is 74.3. The van der Waals surface area contributed by atoms with Crippen LogP contribution in [0.15, 0.2) is 182 Å². The predicted molar refractivity (Wildman–Crippen MR) is 307 cm³/mol. The molecule has 5 N–H and O–H groups in total. The second kappa shape index (κ2) is 43.1. The molecule has 0 spiro atoms. The summed E-state index contributed by atoms with van der Waals surface area (Å²) >= 11 is 0. The number of esters is 2. The Labute approximate surface area is 489 Å². The molecule has 0 bridgehead atoms. The van der Waals surface area contributed by atoms with Gasteiger partial charge in [-0.3, -0.25) is 33.6 Å². The highest BCUT2D eigenvalue weighted by molar-refractivity contribution is 6.36. The van der Waals surface area contributed by atoms with Crippen LogP contribution < -0.4 is 0 Å². The maximum atomic E-state index is 11.3. The number of aliphatic carboxylic acids is 5. The molecule has 21 heteroatoms. The van der Waals surface area contributed by atoms with Gasteiger partial charge in [-0.25, -0.2) is 33.6 Å². The number of rotatable bonds is 22. The van der Waals surface area contributed by atoms with E-state index in [1.54, 1.807) is 142 Å². The van der Waals surface area contributed by atoms with Crippen LogP contribution in [0.1, 0.15) is 85.8 Å². The molecule has 0 saturated heterocycles. The van der Waals surface area contributed by atoms with Gasteiger partial charge in [-0.15, -0.1) is 0 Å². The molecule has 6 aromatic rings. The molecule has 21 nitrogen and oxygen atoms in total. The first-order valence-electron chi connectivity index (χ1n) is 25.7. The minimum Gasteiger partial charge on any atom is -0.476 e. The number of ether oxygens (including phenoxy) is 2. The van der Waals surface area contributed by atoms with Gasteiger partial charge in [0.25, 0.3) is 0 Å². The topological polar surface area (TPSA) is 359 Å². The van der Waals surface area contributed by atoms with Gasteiger partial charge in [-0.1, -0.05) is 203 Å². The summed E-state index contributed by atoms with van der Waals surface area (Å²) in [5, 5.41) is 41.5. The van der Waals surface area contributed by atoms with Crippen molar-refractivity contribution in [1.29, 1.82) is 0 Å². The molecule has 0 saturated carbocycles. The van der Waals surface area contributed by atoms with E-state index < -0.39 is 94.1 Å². The summed E-state index contributed by atoms with van der Waals surface area (Å²) in [4.78, 5) is 148. The maximum Gasteiger partial charge on any atom is 0.374 e. The molecule has 0 fully saturated rings. The quantitative estimate of drug-likeness (QED) is 0.0326. The van der Waals surface area contributed by atoms with E-state index in [4.69, 9.17) is 25.5 Å². The van der Waals surface area contributed by atoms with Crippen molar-refractivity contribution in [3.05, 3.63) is 215 Å². The van der Waals surface area contributed by atoms with Crippen LogP contribution in [0.25, 0.3) is 0 Å². The van der Waals surface area contributed by atoms with Gasteiger partial charge in [0.1, 0.15) is 0 Å². The first-order valence-corrected chi connectivity index (χ1v) is 25.7. The summed E-state index contributed by atoms with van der Waals surface area (Å²) in [6, 6.07) is 53.6. The zero-order chi connectivity index (χ0) is 64.3. The Morgan fingerprint density at radius 1 is 0.353 bits per heavy atom. The number of carbonyl (C=O) groups is 14. The number of benzene rings is 6. The fourth-order valence-electron chi connectivity index (χ4n) is 6.38. The molecule has 0 aliphatic rings. The van der Waals surface area contributed by atoms with Gasteiger partial charge in [-0.05, 0) is 46.7 Å². The number of carboxylic acids is 5. The Morgan fingerprint density at radius 2 is 0.635 bits per heavy atom. The molecule has 0 aliphatic heterocycles. The van der Waals surface area contributed by atoms with E-state index in [0.29, 0.717) is 6.42 Å². The van der Waals surface area contributed by atoms with E-state index in [9.17, 15) is 67.1 Å². The number of carboxylic acid groups (broad SMARTS) is 5. The molecule has 6 aromatic carbocycles. The van der Waals surface area contributed by atoms with Crippen molar-refractivity contribution in [3.63, 3.8) is 0 Å². The summed E-state index contributed by atoms with van der Waals surface area (Å²) in [6.07, 6.45) is 0.740. The minimum absolute atomic E-state index is 0.0316. The Bertz CT molecular complexity index is 3040. The van der Waals surface area contributed by atoms with Crippen molar-refractivity contribution in [2.24, 2.45) is 0 Å². The lowest BCUT2D eigenvalue weighted by atomic mass is 9.92. The number of carbonyl (C=O) groups excluding carboxylic acids is 9. The van der Waals surface area contributed by atoms with Crippen LogP contribution in [0, 0.1) is 0 Å². The van der Waals surface area contributed by atoms with Gasteiger partial charge in [-0.2, -0.15) is 0 Å². The monoisotopic (exact) mass is 1170 g/mol. The lowest BCUT2D eigenvalue weighted by molar-refractivity contribution is -0.153. The van der Waals surface area contributed by atoms with Crippen LogP contribution in [0.4, 0.5) is 0 Å². The Balaban J connectivity index is 0.000000975. The number of Topliss-reactive ketones (excluding diaryl/α,β-unsaturated/α-hetero) is 7. The summed E-state index contributed by atoms with van der Waals surface area (Å²) in [5.41, 5.74) is 4.59. The second-order valence-corrected chi connectivity index (χ2v) is 17.1. The highest BCUT2D eigenvalue weighted by Gasteiger charge is 2.25. The van der Waals surface area contributed by atoms with Gasteiger partial charge >= 0.3 is 41.8 Å². The third-order valence-electron chi connectivity index (χ3n) is 10.8. The van der Waals surface area contributed by atoms with Crippen molar-refractivity contribution in [2.45, 2.75) is 78.1 Å². The smallest absolute Gasteiger partial charge is 0.374 e. The molecule has 0 aliphatic carbocycles. The molecule has 6 rings (SSSR count). The molecule has 0 heterocycles. The summed E-state index contributed by atoms with van der Waals surface area (Å²) in [5.74, 6) is -14.3. The van der Waals surface area contributed by atoms with Crippen LogP contribution in [-0.2, 0) is 102 Å². The fourth-order valence-corrected chi connectivity index (χ4v) is 6.38. The van der Waals surface area contributed by atoms with E-state index in [-0.39, 0.29) is 38.7 Å². The van der Waals surface area contributed by atoms with E-state index in [2.05, 4.69) is 9.47 Å². The van der Waals surface area contributed by atoms with Crippen LogP contribution in [-0.4, -0.2) is 122 Å². The number of methoxy groups -OCH3 is 1. The van der Waals surface area contributed by atoms with E-state index in [0.717, 1.165) is 33.4 Å². The number of hydrogen-bond acceptors (Lipinski definition) is 16. The van der Waals surface area contributed by atoms with Crippen molar-refractivity contribution < 1.29 is 102 Å². The van der Waals surface area contributed by atoms with Crippen molar-refractivity contribution in [3.8, 4) is 0 Å². The summed E-state index contributed by atoms with van der Waals surface area (Å²) in [6.45, 7) is 6.81. The number of ketones is 7. The molecular formula is C64H66O21. The van der Waals surface area contributed by atoms with Crippen LogP contribution in [0.5, 0.6) is 0 Å². The molecule has 0 aromatic heterocycles. The molecule has 2 unspecified atom stereocenters. The van der Waals surface area contributed by atoms with Crippen molar-refractivity contribution in [1.82, 2.24) is 0 Å². The van der Waals surface area contributed by atoms with E-state index in [1.807, 2.05) is 60.7 Å². The highest BCUT2D eigenvalue weighted by Crippen LogP contribution is 2.20. The molecule has 448 valence electrons. The van der Waals surface area contributed by atoms with Crippen LogP contribution in [0.3, 0.4) is 0 Å². The van der Waals surface area contributed by atoms with Crippen molar-refractivity contribution >= 4 is 82.3 Å². The fraction of sp³-hybridized carbons (Fsp3) is 0.219. The summed E-state index contributed by atoms with van der Waals surface area (Å²) < 4.78 is 8.88. The Morgan fingerprint density at radius 3 is 0.882 bits per heavy atom. The molecule has 0 amide bonds. The number of hydrogen-bond donors (Lipinski definition) is 5. The lowest BCUT2D eigenvalue weighted by Gasteiger charge is -2.10. The minimum atomic E-state index is -1.38. The maximum absolute atomic E-state index is 11.3. The van der Waals surface area contributed by atoms with Crippen LogP contribution >= 0.6 is 0 Å². The largest absolute Gasteiger partial charge is 0.476 e. The van der Waals surface area contributed by atoms with E-state index >= 15 is 0 Å². The molecule has 0 radical (unpaired) electrons. The zero-order valence-electron chi connectivity index (χ0n) is 47.2. The standard InChI is InChI=1S/2C11H12O3.2C10H10O3.2C9H8O3.C4H6O3/c1-2-14-11(13)10(12)8-9-6-4-3-5-7-9;1-2-9(10(12)11(13)14)8-6-4-3-5-7-8;1-13-10(12)9(11)7-8-5-3-2-4-6-8;1-7(9(11)10(12)13)8-5-3-2-4-6-8;2*10-8(9(11)12)6-7-4-2-1-3-5-7;1-2-3(5)4(6)7/h3-7H,2,8H2,1H3;3-7,9H,2H2,1H3,(H,13,14);2-6H,7H2,1H3;2-7H,1H3,(H,12,13);2*1-5H,6H2,(H,11,12);2H2,1H3,(H,6,7). The van der Waals surface area contributed by atoms with Gasteiger partial charge in [0.15, 0.2) is 0 Å². The zero-order valence-corrected chi connectivity index (χ0v) is 47.2. The third kappa shape index (κ3) is 33.0. The second-order valence-electron chi connectivity index (χ2n) is 17.1. The molecule has 85 heavy (non-hydrogen) atoms. The Hall–Kier alpha value is -10.7. The van der Waals surface area contributed by atoms with Crippen molar-refractivity contribution in [2.75, 3.05) is 13.7 Å². The molecular weight excluding hydrogens is 1100 g/mol. The van der Waals surface area contributed by atoms with Gasteiger partial charge in [0, 0.05) is 32.1 Å². The van der Waals surface area contributed by atoms with Gasteiger partial charge in [0.05, 0.1) is 25.6 Å². The highest BCUT2D eigenvalue weighted by atomic mass is 16.5. The SMILES string of the molecule is CC(C(=O)C(=O)O)c1ccccc1.CCC(=O)C(=O)O.CCC(C(=O)C(=O)O)c1ccccc1.CCOC(=O)C(=O)Cc1ccccc1.COC(=O)C(=O)Cc1ccccc1.O=C(O)C(=O)Cc1ccccc1.O=C(O)C(=O)Cc1ccccc1. The average Bonchev–Trinajstić information content (AvgIpc) is 3.58.